The fourth-order valence-electron chi connectivity index (χ4n) is 2.68. The summed E-state index contributed by atoms with van der Waals surface area (Å²) in [7, 11) is 2.96. The molecule has 31 heavy (non-hydrogen) atoms. The number of benzene rings is 2. The van der Waals surface area contributed by atoms with E-state index in [0.29, 0.717) is 28.5 Å². The fraction of sp³-hybridized carbons (Fsp3) is 0.143. The van der Waals surface area contributed by atoms with Crippen LogP contribution in [-0.2, 0) is 14.4 Å². The van der Waals surface area contributed by atoms with Gasteiger partial charge in [0.05, 0.1) is 14.2 Å². The summed E-state index contributed by atoms with van der Waals surface area (Å²) in [6, 6.07) is 10.6. The van der Waals surface area contributed by atoms with Gasteiger partial charge in [0, 0.05) is 5.69 Å². The number of imide groups is 2. The van der Waals surface area contributed by atoms with Gasteiger partial charge < -0.3 is 19.5 Å². The van der Waals surface area contributed by atoms with Crippen LogP contribution in [0.2, 0.25) is 0 Å². The van der Waals surface area contributed by atoms with E-state index in [2.05, 4.69) is 5.32 Å². The van der Waals surface area contributed by atoms with Crippen molar-refractivity contribution in [2.45, 2.75) is 0 Å². The summed E-state index contributed by atoms with van der Waals surface area (Å²) in [5.41, 5.74) is 0.821. The molecule has 1 fully saturated rings. The van der Waals surface area contributed by atoms with E-state index < -0.39 is 17.8 Å². The minimum Gasteiger partial charge on any atom is -0.497 e. The molecule has 10 heteroatoms. The molecule has 1 heterocycles. The van der Waals surface area contributed by atoms with Crippen LogP contribution in [0.3, 0.4) is 0 Å². The molecule has 0 aromatic heterocycles. The Balaban J connectivity index is 1.66. The predicted molar refractivity (Wildman–Crippen MR) is 110 cm³/mol. The summed E-state index contributed by atoms with van der Waals surface area (Å²) in [6.07, 6.45) is 1.31. The number of rotatable bonds is 7. The lowest BCUT2D eigenvalue weighted by Gasteiger charge is -2.14. The number of nitrogens with one attached hydrogen (secondary N) is 3. The maximum Gasteiger partial charge on any atom is 0.328 e. The third-order valence-corrected chi connectivity index (χ3v) is 4.17. The number of carbonyl (C=O) groups is 4. The molecule has 160 valence electrons. The van der Waals surface area contributed by atoms with Gasteiger partial charge in [0.15, 0.2) is 18.1 Å². The van der Waals surface area contributed by atoms with Crippen LogP contribution >= 0.6 is 0 Å². The molecular formula is C21H19N3O7. The van der Waals surface area contributed by atoms with Crippen molar-refractivity contribution < 1.29 is 33.4 Å². The van der Waals surface area contributed by atoms with Gasteiger partial charge >= 0.3 is 6.03 Å². The minimum atomic E-state index is -0.874. The maximum absolute atomic E-state index is 12.1. The highest BCUT2D eigenvalue weighted by molar-refractivity contribution is 6.31. The van der Waals surface area contributed by atoms with E-state index in [1.54, 1.807) is 37.4 Å². The van der Waals surface area contributed by atoms with Crippen molar-refractivity contribution in [3.63, 3.8) is 0 Å². The van der Waals surface area contributed by atoms with Crippen LogP contribution in [-0.4, -0.2) is 44.6 Å². The molecule has 3 N–H and O–H groups in total. The molecule has 0 spiro atoms. The zero-order valence-corrected chi connectivity index (χ0v) is 16.7. The second kappa shape index (κ2) is 9.44. The van der Waals surface area contributed by atoms with Gasteiger partial charge in [0.1, 0.15) is 11.3 Å². The molecule has 3 rings (SSSR count). The summed E-state index contributed by atoms with van der Waals surface area (Å²) in [4.78, 5) is 46.9. The number of urea groups is 1. The number of carbonyl (C=O) groups excluding carboxylic acids is 4. The van der Waals surface area contributed by atoms with Gasteiger partial charge in [0.2, 0.25) is 0 Å². The van der Waals surface area contributed by atoms with Crippen LogP contribution in [0.4, 0.5) is 10.5 Å². The first-order valence-corrected chi connectivity index (χ1v) is 9.02. The molecular weight excluding hydrogens is 406 g/mol. The largest absolute Gasteiger partial charge is 0.497 e. The number of anilines is 1. The summed E-state index contributed by atoms with van der Waals surface area (Å²) >= 11 is 0. The minimum absolute atomic E-state index is 0.228. The van der Waals surface area contributed by atoms with Gasteiger partial charge in [-0.3, -0.25) is 25.0 Å². The van der Waals surface area contributed by atoms with Crippen LogP contribution < -0.4 is 30.2 Å². The Labute approximate surface area is 177 Å². The Morgan fingerprint density at radius 1 is 0.935 bits per heavy atom. The molecule has 1 aliphatic rings. The zero-order chi connectivity index (χ0) is 22.4. The van der Waals surface area contributed by atoms with Crippen molar-refractivity contribution in [3.05, 3.63) is 53.6 Å². The van der Waals surface area contributed by atoms with E-state index in [9.17, 15) is 19.2 Å². The highest BCUT2D eigenvalue weighted by Gasteiger charge is 2.27. The molecule has 5 amide bonds. The smallest absolute Gasteiger partial charge is 0.328 e. The Hall–Kier alpha value is -4.34. The van der Waals surface area contributed by atoms with Gasteiger partial charge in [-0.15, -0.1) is 0 Å². The Bertz CT molecular complexity index is 1040. The van der Waals surface area contributed by atoms with Crippen LogP contribution in [0.15, 0.2) is 48.0 Å². The van der Waals surface area contributed by atoms with Crippen LogP contribution in [0, 0.1) is 0 Å². The van der Waals surface area contributed by atoms with Gasteiger partial charge in [-0.05, 0) is 48.0 Å². The van der Waals surface area contributed by atoms with Crippen molar-refractivity contribution in [3.8, 4) is 17.2 Å². The molecule has 0 atom stereocenters. The summed E-state index contributed by atoms with van der Waals surface area (Å²) in [6.45, 7) is -0.268. The molecule has 2 aromatic carbocycles. The van der Waals surface area contributed by atoms with Crippen LogP contribution in [0.5, 0.6) is 17.2 Å². The lowest BCUT2D eigenvalue weighted by atomic mass is 10.1. The average molecular weight is 425 g/mol. The normalized spacial score (nSPS) is 13.1. The number of methoxy groups -OCH3 is 2. The van der Waals surface area contributed by atoms with Gasteiger partial charge in [-0.1, -0.05) is 6.07 Å². The number of hydrogen-bond donors (Lipinski definition) is 3. The molecule has 1 aliphatic heterocycles. The fourth-order valence-corrected chi connectivity index (χ4v) is 2.68. The molecule has 1 saturated heterocycles. The predicted octanol–water partition coefficient (Wildman–Crippen LogP) is 1.47. The summed E-state index contributed by atoms with van der Waals surface area (Å²) < 4.78 is 15.9. The van der Waals surface area contributed by atoms with Crippen LogP contribution in [0.25, 0.3) is 6.08 Å². The standard InChI is InChI=1S/C21H19N3O7/c1-29-14-6-4-13(5-7-14)22-18(25)11-31-16-8-3-12(10-17(16)30-2)9-15-19(26)23-21(28)24-20(15)27/h3-10H,11H2,1-2H3,(H,22,25)(H2,23,24,26,27,28). The van der Waals surface area contributed by atoms with E-state index in [4.69, 9.17) is 14.2 Å². The highest BCUT2D eigenvalue weighted by atomic mass is 16.5. The molecule has 0 aliphatic carbocycles. The molecule has 0 bridgehead atoms. The monoisotopic (exact) mass is 425 g/mol. The third kappa shape index (κ3) is 5.38. The Morgan fingerprint density at radius 2 is 1.61 bits per heavy atom. The average Bonchev–Trinajstić information content (AvgIpc) is 2.75. The molecule has 0 unspecified atom stereocenters. The van der Waals surface area contributed by atoms with Crippen molar-refractivity contribution >= 4 is 35.5 Å². The van der Waals surface area contributed by atoms with Crippen LogP contribution in [0.1, 0.15) is 5.56 Å². The molecule has 0 saturated carbocycles. The van der Waals surface area contributed by atoms with Crippen molar-refractivity contribution in [1.29, 1.82) is 0 Å². The number of barbiturate groups is 1. The summed E-state index contributed by atoms with van der Waals surface area (Å²) in [5.74, 6) is -0.726. The van der Waals surface area contributed by atoms with Crippen molar-refractivity contribution in [2.75, 3.05) is 26.1 Å². The van der Waals surface area contributed by atoms with E-state index >= 15 is 0 Å². The van der Waals surface area contributed by atoms with E-state index in [1.807, 2.05) is 10.6 Å². The van der Waals surface area contributed by atoms with Crippen molar-refractivity contribution in [1.82, 2.24) is 10.6 Å². The molecule has 10 nitrogen and oxygen atoms in total. The quantitative estimate of drug-likeness (QED) is 0.452. The number of ether oxygens (including phenoxy) is 3. The van der Waals surface area contributed by atoms with E-state index in [-0.39, 0.29) is 18.1 Å². The number of hydrogen-bond acceptors (Lipinski definition) is 7. The first-order valence-electron chi connectivity index (χ1n) is 9.02. The van der Waals surface area contributed by atoms with Gasteiger partial charge in [-0.25, -0.2) is 4.79 Å². The molecule has 0 radical (unpaired) electrons. The highest BCUT2D eigenvalue weighted by Crippen LogP contribution is 2.29. The second-order valence-electron chi connectivity index (χ2n) is 6.27. The van der Waals surface area contributed by atoms with E-state index in [0.717, 1.165) is 0 Å². The first kappa shape index (κ1) is 21.4. The SMILES string of the molecule is COc1ccc(NC(=O)COc2ccc(C=C3C(=O)NC(=O)NC3=O)cc2OC)cc1. The van der Waals surface area contributed by atoms with Gasteiger partial charge in [-0.2, -0.15) is 0 Å². The Kier molecular flexibility index (Phi) is 6.51. The topological polar surface area (TPSA) is 132 Å². The maximum atomic E-state index is 12.1. The Morgan fingerprint density at radius 3 is 2.23 bits per heavy atom. The number of amides is 5. The zero-order valence-electron chi connectivity index (χ0n) is 16.7. The lowest BCUT2D eigenvalue weighted by molar-refractivity contribution is -0.124. The third-order valence-electron chi connectivity index (χ3n) is 4.17. The lowest BCUT2D eigenvalue weighted by Crippen LogP contribution is -2.51. The summed E-state index contributed by atoms with van der Waals surface area (Å²) in [5, 5.41) is 6.68. The first-order chi connectivity index (χ1) is 14.9. The van der Waals surface area contributed by atoms with Crippen molar-refractivity contribution in [2.24, 2.45) is 0 Å². The molecule has 2 aromatic rings. The van der Waals surface area contributed by atoms with E-state index in [1.165, 1.54) is 25.3 Å². The van der Waals surface area contributed by atoms with Gasteiger partial charge in [0.25, 0.3) is 17.7 Å². The second-order valence-corrected chi connectivity index (χ2v) is 6.27.